The number of terminal acetylenes is 3. The van der Waals surface area contributed by atoms with Gasteiger partial charge in [-0.05, 0) is 12.8 Å². The molecule has 9 heteroatoms. The molecule has 1 saturated heterocycles. The molecule has 158 valence electrons. The number of aliphatic carboxylic acids is 2. The molecule has 1 aliphatic rings. The second-order valence-corrected chi connectivity index (χ2v) is 6.66. The number of carboxylic acid groups (broad SMARTS) is 2. The largest absolute Gasteiger partial charge is 0.481 e. The topological polar surface area (TPSA) is 147 Å². The van der Waals surface area contributed by atoms with Crippen LogP contribution in [0.3, 0.4) is 0 Å². The Hall–Kier alpha value is -2.80. The third kappa shape index (κ3) is 17.1. The molecule has 1 fully saturated rings. The van der Waals surface area contributed by atoms with Crippen molar-refractivity contribution in [3.05, 3.63) is 0 Å². The number of nitrogens with two attached hydrogens (primary N) is 1. The molecule has 0 saturated carbocycles. The maximum atomic E-state index is 11.1. The summed E-state index contributed by atoms with van der Waals surface area (Å²) in [7, 11) is 0. The number of rotatable bonds is 10. The number of epoxide rings is 1. The number of primary amides is 1. The molecule has 0 radical (unpaired) electrons. The van der Waals surface area contributed by atoms with Crippen LogP contribution >= 0.6 is 15.9 Å². The molecule has 3 unspecified atom stereocenters. The predicted molar refractivity (Wildman–Crippen MR) is 110 cm³/mol. The van der Waals surface area contributed by atoms with Gasteiger partial charge in [0.25, 0.3) is 0 Å². The Balaban J connectivity index is 0. The number of Topliss-reactive ketones (excluding diaryl/α,β-unsaturated/α-hetero) is 1. The third-order valence-electron chi connectivity index (χ3n) is 3.13. The van der Waals surface area contributed by atoms with E-state index in [1.807, 2.05) is 0 Å². The Morgan fingerprint density at radius 2 is 1.52 bits per heavy atom. The van der Waals surface area contributed by atoms with E-state index in [4.69, 9.17) is 40.0 Å². The van der Waals surface area contributed by atoms with E-state index >= 15 is 0 Å². The first-order chi connectivity index (χ1) is 13.6. The lowest BCUT2D eigenvalue weighted by Crippen LogP contribution is -2.22. The molecule has 1 heterocycles. The molecule has 0 aromatic heterocycles. The van der Waals surface area contributed by atoms with Crippen molar-refractivity contribution in [2.75, 3.05) is 0 Å². The fraction of sp³-hybridized carbons (Fsp3) is 0.500. The van der Waals surface area contributed by atoms with Crippen LogP contribution in [0, 0.1) is 37.0 Å². The molecular formula is C20H24BrNO7. The maximum absolute atomic E-state index is 11.1. The number of amides is 1. The van der Waals surface area contributed by atoms with Crippen LogP contribution in [-0.2, 0) is 23.9 Å². The smallest absolute Gasteiger partial charge is 0.317 e. The molecule has 8 nitrogen and oxygen atoms in total. The highest BCUT2D eigenvalue weighted by molar-refractivity contribution is 9.10. The van der Waals surface area contributed by atoms with Gasteiger partial charge in [0.15, 0.2) is 18.0 Å². The fourth-order valence-electron chi connectivity index (χ4n) is 1.59. The summed E-state index contributed by atoms with van der Waals surface area (Å²) in [6.45, 7) is 0. The van der Waals surface area contributed by atoms with Gasteiger partial charge in [-0.15, -0.1) is 37.0 Å². The Labute approximate surface area is 178 Å². The van der Waals surface area contributed by atoms with Crippen LogP contribution in [0.25, 0.3) is 0 Å². The number of ether oxygens (including phenoxy) is 1. The van der Waals surface area contributed by atoms with Gasteiger partial charge in [0.1, 0.15) is 4.83 Å². The molecule has 0 spiro atoms. The third-order valence-corrected chi connectivity index (χ3v) is 3.98. The van der Waals surface area contributed by atoms with Crippen LogP contribution in [0.4, 0.5) is 0 Å². The molecule has 1 rings (SSSR count). The van der Waals surface area contributed by atoms with Gasteiger partial charge in [-0.3, -0.25) is 19.2 Å². The fourth-order valence-corrected chi connectivity index (χ4v) is 1.82. The summed E-state index contributed by atoms with van der Waals surface area (Å²) in [6.07, 6.45) is 16.4. The van der Waals surface area contributed by atoms with Gasteiger partial charge in [0.2, 0.25) is 5.91 Å². The van der Waals surface area contributed by atoms with E-state index in [-0.39, 0.29) is 18.6 Å². The average molecular weight is 470 g/mol. The van der Waals surface area contributed by atoms with E-state index in [0.717, 1.165) is 0 Å². The molecule has 29 heavy (non-hydrogen) atoms. The second-order valence-electron chi connectivity index (χ2n) is 5.55. The van der Waals surface area contributed by atoms with Gasteiger partial charge in [-0.2, -0.15) is 0 Å². The highest BCUT2D eigenvalue weighted by Gasteiger charge is 2.48. The van der Waals surface area contributed by atoms with Gasteiger partial charge >= 0.3 is 11.9 Å². The van der Waals surface area contributed by atoms with Crippen molar-refractivity contribution in [3.8, 4) is 37.0 Å². The number of unbranched alkanes of at least 4 members (excludes halogenated alkanes) is 1. The van der Waals surface area contributed by atoms with Crippen LogP contribution < -0.4 is 5.73 Å². The molecule has 4 N–H and O–H groups in total. The quantitative estimate of drug-likeness (QED) is 0.189. The van der Waals surface area contributed by atoms with Crippen molar-refractivity contribution < 1.29 is 34.1 Å². The van der Waals surface area contributed by atoms with E-state index in [9.17, 15) is 19.2 Å². The van der Waals surface area contributed by atoms with Gasteiger partial charge in [0, 0.05) is 32.1 Å². The Bertz CT molecular complexity index is 684. The lowest BCUT2D eigenvalue weighted by Gasteiger charge is -1.97. The van der Waals surface area contributed by atoms with Gasteiger partial charge in [-0.25, -0.2) is 0 Å². The molecule has 1 amide bonds. The van der Waals surface area contributed by atoms with Crippen LogP contribution in [0.5, 0.6) is 0 Å². The molecule has 0 bridgehead atoms. The number of carbonyl (C=O) groups excluding carboxylic acids is 2. The highest BCUT2D eigenvalue weighted by Crippen LogP contribution is 2.23. The second kappa shape index (κ2) is 17.3. The number of carboxylic acids is 2. The summed E-state index contributed by atoms with van der Waals surface area (Å²) in [4.78, 5) is 40.9. The zero-order valence-electron chi connectivity index (χ0n) is 15.8. The summed E-state index contributed by atoms with van der Waals surface area (Å²) in [6, 6.07) is 0. The van der Waals surface area contributed by atoms with Gasteiger partial charge < -0.3 is 20.7 Å². The Morgan fingerprint density at radius 3 is 1.90 bits per heavy atom. The zero-order valence-corrected chi connectivity index (χ0v) is 17.4. The van der Waals surface area contributed by atoms with Crippen LogP contribution in [-0.4, -0.2) is 50.9 Å². The first kappa shape index (κ1) is 28.4. The minimum atomic E-state index is -0.856. The number of halogens is 1. The first-order valence-corrected chi connectivity index (χ1v) is 9.40. The van der Waals surface area contributed by atoms with E-state index in [1.54, 1.807) is 0 Å². The molecular weight excluding hydrogens is 446 g/mol. The van der Waals surface area contributed by atoms with Crippen molar-refractivity contribution >= 4 is 39.6 Å². The summed E-state index contributed by atoms with van der Waals surface area (Å²) in [5.74, 6) is 4.69. The van der Waals surface area contributed by atoms with E-state index < -0.39 is 34.9 Å². The minimum Gasteiger partial charge on any atom is -0.481 e. The number of hydrogen-bond acceptors (Lipinski definition) is 5. The summed E-state index contributed by atoms with van der Waals surface area (Å²) in [5.41, 5.74) is 4.90. The number of hydrogen-bond donors (Lipinski definition) is 3. The highest BCUT2D eigenvalue weighted by atomic mass is 79.9. The molecule has 0 aromatic rings. The van der Waals surface area contributed by atoms with E-state index in [0.29, 0.717) is 32.1 Å². The normalized spacial score (nSPS) is 16.6. The van der Waals surface area contributed by atoms with Crippen molar-refractivity contribution in [3.63, 3.8) is 0 Å². The average Bonchev–Trinajstić information content (AvgIpc) is 3.46. The Kier molecular flexibility index (Phi) is 17.0. The van der Waals surface area contributed by atoms with E-state index in [2.05, 4.69) is 33.7 Å². The summed E-state index contributed by atoms with van der Waals surface area (Å²) in [5, 5.41) is 16.4. The van der Waals surface area contributed by atoms with Crippen LogP contribution in [0.15, 0.2) is 0 Å². The van der Waals surface area contributed by atoms with Crippen molar-refractivity contribution in [2.45, 2.75) is 62.0 Å². The van der Waals surface area contributed by atoms with Crippen molar-refractivity contribution in [2.24, 2.45) is 5.73 Å². The number of ketones is 1. The molecule has 3 atom stereocenters. The minimum absolute atomic E-state index is 0.142. The lowest BCUT2D eigenvalue weighted by molar-refractivity contribution is -0.137. The standard InChI is InChI=1S/C8H9NO3.C6H7BrO2.C6H8O2/c1-2-3-4-5(10)6-7(12-6)8(9)11;1-2-3-4-5(7)6(8)9;1-2-3-4-5-6(7)8/h1,6-7H,3-4H2,(H2,9,11);1,5H,3-4H2,(H,8,9);1H,3-5H2,(H,7,8). The number of alkyl halides is 1. The first-order valence-electron chi connectivity index (χ1n) is 8.48. The lowest BCUT2D eigenvalue weighted by atomic mass is 10.1. The Morgan fingerprint density at radius 1 is 0.966 bits per heavy atom. The summed E-state index contributed by atoms with van der Waals surface area (Å²) < 4.78 is 4.74. The SMILES string of the molecule is C#CCCC(=O)C1OC1C(N)=O.C#CCCC(Br)C(=O)O.C#CCCCC(=O)O. The van der Waals surface area contributed by atoms with Gasteiger partial charge in [-0.1, -0.05) is 15.9 Å². The van der Waals surface area contributed by atoms with Crippen molar-refractivity contribution in [1.29, 1.82) is 0 Å². The van der Waals surface area contributed by atoms with Crippen LogP contribution in [0.2, 0.25) is 0 Å². The van der Waals surface area contributed by atoms with Gasteiger partial charge in [0.05, 0.1) is 0 Å². The monoisotopic (exact) mass is 469 g/mol. The van der Waals surface area contributed by atoms with E-state index in [1.165, 1.54) is 0 Å². The predicted octanol–water partition coefficient (Wildman–Crippen LogP) is 1.34. The molecule has 0 aromatic carbocycles. The van der Waals surface area contributed by atoms with Crippen LogP contribution in [0.1, 0.15) is 44.9 Å². The zero-order chi connectivity index (χ0) is 22.8. The maximum Gasteiger partial charge on any atom is 0.317 e. The van der Waals surface area contributed by atoms with Crippen molar-refractivity contribution in [1.82, 2.24) is 0 Å². The number of carbonyl (C=O) groups is 4. The molecule has 0 aliphatic carbocycles. The molecule has 1 aliphatic heterocycles. The summed E-state index contributed by atoms with van der Waals surface area (Å²) >= 11 is 2.95.